The first-order valence-electron chi connectivity index (χ1n) is 11.5. The molecule has 1 aliphatic carbocycles. The van der Waals surface area contributed by atoms with Crippen LogP contribution in [0.4, 0.5) is 0 Å². The highest BCUT2D eigenvalue weighted by Gasteiger charge is 2.62. The van der Waals surface area contributed by atoms with Crippen LogP contribution in [0.3, 0.4) is 0 Å². The van der Waals surface area contributed by atoms with Crippen LogP contribution < -0.4 is 4.74 Å². The van der Waals surface area contributed by atoms with E-state index in [2.05, 4.69) is 0 Å². The molecule has 0 heterocycles. The number of rotatable bonds is 7. The van der Waals surface area contributed by atoms with Crippen molar-refractivity contribution in [3.05, 3.63) is 101 Å². The number of carbonyl (C=O) groups is 2. The largest absolute Gasteiger partial charge is 0.489 e. The first kappa shape index (κ1) is 24.0. The molecule has 0 saturated heterocycles. The molecular formula is C30H29ClO3. The van der Waals surface area contributed by atoms with E-state index >= 15 is 0 Å². The molecule has 4 atom stereocenters. The van der Waals surface area contributed by atoms with Crippen molar-refractivity contribution in [2.75, 3.05) is 0 Å². The summed E-state index contributed by atoms with van der Waals surface area (Å²) >= 11 is 6.05. The molecule has 3 aromatic carbocycles. The van der Waals surface area contributed by atoms with Gasteiger partial charge in [0.15, 0.2) is 5.78 Å². The highest BCUT2D eigenvalue weighted by atomic mass is 35.5. The topological polar surface area (TPSA) is 43.4 Å². The highest BCUT2D eigenvalue weighted by molar-refractivity contribution is 6.30. The van der Waals surface area contributed by atoms with Gasteiger partial charge in [-0.15, -0.1) is 0 Å². The summed E-state index contributed by atoms with van der Waals surface area (Å²) in [6.07, 6.45) is 0.385. The third kappa shape index (κ3) is 3.78. The number of aldehydes is 1. The SMILES string of the molecule is CC(C=O)C1(C)C(=O)C(C)(C(C)Oc2ccc(Cl)cc2)C(c2ccccc2)=C1c1ccccc1. The number of hydrogen-bond acceptors (Lipinski definition) is 3. The average molecular weight is 473 g/mol. The Bertz CT molecular complexity index is 1220. The fourth-order valence-electron chi connectivity index (χ4n) is 5.18. The molecule has 3 aromatic rings. The lowest BCUT2D eigenvalue weighted by Crippen LogP contribution is -2.46. The maximum Gasteiger partial charge on any atom is 0.157 e. The minimum absolute atomic E-state index is 0.0150. The van der Waals surface area contributed by atoms with Crippen molar-refractivity contribution in [2.24, 2.45) is 16.7 Å². The number of halogens is 1. The third-order valence-electron chi connectivity index (χ3n) is 7.41. The second kappa shape index (κ2) is 9.23. The van der Waals surface area contributed by atoms with Crippen LogP contribution in [0, 0.1) is 16.7 Å². The lowest BCUT2D eigenvalue weighted by atomic mass is 9.67. The van der Waals surface area contributed by atoms with Crippen molar-refractivity contribution in [1.82, 2.24) is 0 Å². The van der Waals surface area contributed by atoms with Gasteiger partial charge in [0.1, 0.15) is 18.1 Å². The van der Waals surface area contributed by atoms with Crippen molar-refractivity contribution >= 4 is 34.8 Å². The summed E-state index contributed by atoms with van der Waals surface area (Å²) in [5, 5.41) is 0.617. The normalized spacial score (nSPS) is 24.1. The molecule has 0 radical (unpaired) electrons. The Morgan fingerprint density at radius 3 is 1.71 bits per heavy atom. The Morgan fingerprint density at radius 1 is 0.765 bits per heavy atom. The molecule has 0 aromatic heterocycles. The van der Waals surface area contributed by atoms with Gasteiger partial charge in [0.25, 0.3) is 0 Å². The lowest BCUT2D eigenvalue weighted by molar-refractivity contribution is -0.137. The quantitative estimate of drug-likeness (QED) is 0.343. The molecule has 174 valence electrons. The zero-order valence-corrected chi connectivity index (χ0v) is 20.7. The molecule has 0 bridgehead atoms. The smallest absolute Gasteiger partial charge is 0.157 e. The van der Waals surface area contributed by atoms with Gasteiger partial charge in [-0.05, 0) is 67.3 Å². The van der Waals surface area contributed by atoms with Gasteiger partial charge in [-0.25, -0.2) is 0 Å². The van der Waals surface area contributed by atoms with E-state index < -0.39 is 22.9 Å². The summed E-state index contributed by atoms with van der Waals surface area (Å²) < 4.78 is 6.37. The third-order valence-corrected chi connectivity index (χ3v) is 7.66. The molecule has 3 nitrogen and oxygen atoms in total. The van der Waals surface area contributed by atoms with E-state index in [1.54, 1.807) is 24.3 Å². The predicted octanol–water partition coefficient (Wildman–Crippen LogP) is 7.15. The van der Waals surface area contributed by atoms with E-state index in [1.165, 1.54) is 0 Å². The van der Waals surface area contributed by atoms with Crippen molar-refractivity contribution in [2.45, 2.75) is 33.8 Å². The van der Waals surface area contributed by atoms with Crippen LogP contribution in [0.1, 0.15) is 38.8 Å². The first-order chi connectivity index (χ1) is 16.2. The van der Waals surface area contributed by atoms with Gasteiger partial charge in [0, 0.05) is 10.9 Å². The average Bonchev–Trinajstić information content (AvgIpc) is 3.06. The Hall–Kier alpha value is -3.17. The standard InChI is InChI=1S/C30H29ClO3/c1-20(19-32)29(3)26(22-11-7-5-8-12-22)27(23-13-9-6-10-14-23)30(4,28(29)33)21(2)34-25-17-15-24(31)16-18-25/h5-21H,1-4H3. The number of Topliss-reactive ketones (excluding diaryl/α,β-unsaturated/α-hetero) is 1. The molecule has 0 amide bonds. The van der Waals surface area contributed by atoms with Crippen LogP contribution in [0.15, 0.2) is 84.9 Å². The van der Waals surface area contributed by atoms with Crippen LogP contribution in [0.2, 0.25) is 5.02 Å². The van der Waals surface area contributed by atoms with E-state index in [0.29, 0.717) is 10.8 Å². The number of ether oxygens (including phenoxy) is 1. The Labute approximate surface area is 206 Å². The van der Waals surface area contributed by atoms with Gasteiger partial charge in [-0.1, -0.05) is 79.2 Å². The number of benzene rings is 3. The second-order valence-corrected chi connectivity index (χ2v) is 9.79. The van der Waals surface area contributed by atoms with E-state index in [0.717, 1.165) is 28.6 Å². The van der Waals surface area contributed by atoms with Gasteiger partial charge in [0.2, 0.25) is 0 Å². The van der Waals surface area contributed by atoms with E-state index in [4.69, 9.17) is 16.3 Å². The van der Waals surface area contributed by atoms with Gasteiger partial charge < -0.3 is 9.53 Å². The van der Waals surface area contributed by atoms with E-state index in [1.807, 2.05) is 88.4 Å². The summed E-state index contributed by atoms with van der Waals surface area (Å²) in [7, 11) is 0. The Balaban J connectivity index is 1.99. The maximum atomic E-state index is 14.5. The molecule has 4 rings (SSSR count). The second-order valence-electron chi connectivity index (χ2n) is 9.35. The molecule has 0 spiro atoms. The van der Waals surface area contributed by atoms with Crippen molar-refractivity contribution < 1.29 is 14.3 Å². The number of hydrogen-bond donors (Lipinski definition) is 0. The molecule has 0 fully saturated rings. The first-order valence-corrected chi connectivity index (χ1v) is 11.9. The van der Waals surface area contributed by atoms with Crippen molar-refractivity contribution in [3.8, 4) is 5.75 Å². The Kier molecular flexibility index (Phi) is 6.51. The minimum Gasteiger partial charge on any atom is -0.489 e. The number of carbonyl (C=O) groups excluding carboxylic acids is 2. The van der Waals surface area contributed by atoms with Crippen LogP contribution >= 0.6 is 11.6 Å². The monoisotopic (exact) mass is 472 g/mol. The summed E-state index contributed by atoms with van der Waals surface area (Å²) in [6.45, 7) is 7.60. The molecule has 0 N–H and O–H groups in total. The number of ketones is 1. The van der Waals surface area contributed by atoms with Crippen LogP contribution in [0.25, 0.3) is 11.1 Å². The minimum atomic E-state index is -1.01. The van der Waals surface area contributed by atoms with Gasteiger partial charge >= 0.3 is 0 Å². The van der Waals surface area contributed by atoms with E-state index in [9.17, 15) is 9.59 Å². The molecule has 0 aliphatic heterocycles. The molecule has 4 unspecified atom stereocenters. The van der Waals surface area contributed by atoms with Gasteiger partial charge in [-0.3, -0.25) is 4.79 Å². The summed E-state index contributed by atoms with van der Waals surface area (Å²) in [5.41, 5.74) is 1.66. The molecule has 34 heavy (non-hydrogen) atoms. The molecular weight excluding hydrogens is 444 g/mol. The highest BCUT2D eigenvalue weighted by Crippen LogP contribution is 2.61. The van der Waals surface area contributed by atoms with Crippen molar-refractivity contribution in [3.63, 3.8) is 0 Å². The lowest BCUT2D eigenvalue weighted by Gasteiger charge is -2.36. The maximum absolute atomic E-state index is 14.5. The predicted molar refractivity (Wildman–Crippen MR) is 138 cm³/mol. The summed E-state index contributed by atoms with van der Waals surface area (Å²) in [4.78, 5) is 26.6. The summed E-state index contributed by atoms with van der Waals surface area (Å²) in [5.74, 6) is 0.105. The molecule has 4 heteroatoms. The molecule has 1 aliphatic rings. The van der Waals surface area contributed by atoms with Gasteiger partial charge in [-0.2, -0.15) is 0 Å². The molecule has 0 saturated carbocycles. The van der Waals surface area contributed by atoms with Crippen LogP contribution in [0.5, 0.6) is 5.75 Å². The van der Waals surface area contributed by atoms with Crippen LogP contribution in [-0.2, 0) is 9.59 Å². The van der Waals surface area contributed by atoms with E-state index in [-0.39, 0.29) is 5.78 Å². The summed E-state index contributed by atoms with van der Waals surface area (Å²) in [6, 6.07) is 27.0. The van der Waals surface area contributed by atoms with Crippen LogP contribution in [-0.4, -0.2) is 18.2 Å². The van der Waals surface area contributed by atoms with Gasteiger partial charge in [0.05, 0.1) is 10.8 Å². The zero-order valence-electron chi connectivity index (χ0n) is 19.9. The van der Waals surface area contributed by atoms with Crippen molar-refractivity contribution in [1.29, 1.82) is 0 Å². The Morgan fingerprint density at radius 2 is 1.24 bits per heavy atom. The number of allylic oxidation sites excluding steroid dienone is 1. The zero-order chi connectivity index (χ0) is 24.5. The fourth-order valence-corrected chi connectivity index (χ4v) is 5.30. The fraction of sp³-hybridized carbons (Fsp3) is 0.267.